The molecule has 5 aliphatic rings. The van der Waals surface area contributed by atoms with Gasteiger partial charge < -0.3 is 23.7 Å². The molecule has 0 unspecified atom stereocenters. The van der Waals surface area contributed by atoms with E-state index < -0.39 is 0 Å². The van der Waals surface area contributed by atoms with Gasteiger partial charge in [-0.2, -0.15) is 0 Å². The molecule has 11 atom stereocenters. The summed E-state index contributed by atoms with van der Waals surface area (Å²) >= 11 is 0. The molecule has 0 radical (unpaired) electrons. The molecule has 0 spiro atoms. The number of ether oxygens (including phenoxy) is 5. The van der Waals surface area contributed by atoms with Crippen LogP contribution < -0.4 is 0 Å². The van der Waals surface area contributed by atoms with E-state index in [-0.39, 0.29) is 70.6 Å². The van der Waals surface area contributed by atoms with E-state index >= 15 is 0 Å². The van der Waals surface area contributed by atoms with Gasteiger partial charge in [-0.25, -0.2) is 0 Å². The second-order valence-corrected chi connectivity index (χ2v) is 14.3. The molecule has 0 aromatic carbocycles. The van der Waals surface area contributed by atoms with Gasteiger partial charge >= 0.3 is 5.97 Å². The van der Waals surface area contributed by atoms with Crippen LogP contribution in [0.1, 0.15) is 78.6 Å². The molecule has 0 bridgehead atoms. The average Bonchev–Trinajstić information content (AvgIpc) is 3.36. The summed E-state index contributed by atoms with van der Waals surface area (Å²) in [5.74, 6) is 1.23. The van der Waals surface area contributed by atoms with Crippen molar-refractivity contribution in [3.63, 3.8) is 0 Å². The van der Waals surface area contributed by atoms with Crippen molar-refractivity contribution in [2.24, 2.45) is 46.3 Å². The van der Waals surface area contributed by atoms with Crippen molar-refractivity contribution < 1.29 is 42.9 Å². The summed E-state index contributed by atoms with van der Waals surface area (Å²) in [7, 11) is 0. The van der Waals surface area contributed by atoms with Gasteiger partial charge in [-0.3, -0.25) is 24.1 Å². The highest BCUT2D eigenvalue weighted by molar-refractivity contribution is 5.69. The maximum atomic E-state index is 12.7. The molecule has 0 amide bonds. The maximum Gasteiger partial charge on any atom is 0.305 e. The smallest absolute Gasteiger partial charge is 0.305 e. The van der Waals surface area contributed by atoms with Gasteiger partial charge in [0.1, 0.15) is 24.9 Å². The molecule has 5 rings (SSSR count). The normalized spacial score (nSPS) is 41.5. The van der Waals surface area contributed by atoms with Crippen LogP contribution in [0.15, 0.2) is 0 Å². The summed E-state index contributed by atoms with van der Waals surface area (Å²) in [6.45, 7) is 12.9. The van der Waals surface area contributed by atoms with Crippen molar-refractivity contribution >= 4 is 25.4 Å². The van der Waals surface area contributed by atoms with Crippen LogP contribution in [0.25, 0.3) is 0 Å². The Balaban J connectivity index is 1.28. The molecule has 4 saturated carbocycles. The fourth-order valence-electron chi connectivity index (χ4n) is 10.5. The predicted molar refractivity (Wildman–Crippen MR) is 155 cm³/mol. The predicted octanol–water partition coefficient (Wildman–Crippen LogP) is 3.78. The van der Waals surface area contributed by atoms with Gasteiger partial charge in [0.15, 0.2) is 0 Å². The Morgan fingerprint density at radius 1 is 0.953 bits per heavy atom. The van der Waals surface area contributed by atoms with Crippen LogP contribution in [-0.4, -0.2) is 88.1 Å². The van der Waals surface area contributed by atoms with E-state index in [0.29, 0.717) is 32.4 Å². The summed E-state index contributed by atoms with van der Waals surface area (Å²) in [6.07, 6.45) is 6.48. The van der Waals surface area contributed by atoms with Crippen LogP contribution in [0.3, 0.4) is 0 Å². The number of carbonyl (C=O) groups excluding carboxylic acids is 4. The zero-order valence-corrected chi connectivity index (χ0v) is 26.2. The molecule has 1 heterocycles. The number of fused-ring (bicyclic) bond motifs is 5. The van der Waals surface area contributed by atoms with Gasteiger partial charge in [0.05, 0.1) is 13.2 Å². The minimum atomic E-state index is -0.284. The van der Waals surface area contributed by atoms with Crippen LogP contribution in [0.5, 0.6) is 0 Å². The molecular weight excluding hydrogens is 554 g/mol. The first-order valence-corrected chi connectivity index (χ1v) is 16.5. The number of hydrogen-bond acceptors (Lipinski definition) is 10. The van der Waals surface area contributed by atoms with Crippen molar-refractivity contribution in [1.82, 2.24) is 4.90 Å². The van der Waals surface area contributed by atoms with Crippen molar-refractivity contribution in [3.8, 4) is 0 Å². The summed E-state index contributed by atoms with van der Waals surface area (Å²) in [5.41, 5.74) is -0.302. The number of morpholine rings is 1. The lowest BCUT2D eigenvalue weighted by atomic mass is 9.43. The zero-order valence-electron chi connectivity index (χ0n) is 26.2. The molecule has 10 heteroatoms. The number of hydrogen-bond donors (Lipinski definition) is 0. The molecule has 5 fully saturated rings. The minimum Gasteiger partial charge on any atom is -0.465 e. The van der Waals surface area contributed by atoms with Gasteiger partial charge in [-0.15, -0.1) is 0 Å². The van der Waals surface area contributed by atoms with E-state index in [9.17, 15) is 19.2 Å². The van der Waals surface area contributed by atoms with Crippen LogP contribution in [0.4, 0.5) is 0 Å². The monoisotopic (exact) mass is 605 g/mol. The molecule has 0 aromatic heterocycles. The first-order valence-electron chi connectivity index (χ1n) is 16.5. The first kappa shape index (κ1) is 32.2. The Kier molecular flexibility index (Phi) is 10.4. The molecular formula is C33H51NO9. The van der Waals surface area contributed by atoms with Gasteiger partial charge in [0.25, 0.3) is 19.4 Å². The topological polar surface area (TPSA) is 118 Å². The third-order valence-electron chi connectivity index (χ3n) is 12.7. The van der Waals surface area contributed by atoms with Crippen LogP contribution in [0.2, 0.25) is 0 Å². The van der Waals surface area contributed by atoms with Crippen LogP contribution in [0, 0.1) is 46.3 Å². The highest BCUT2D eigenvalue weighted by Crippen LogP contribution is 2.69. The van der Waals surface area contributed by atoms with Gasteiger partial charge in [-0.1, -0.05) is 20.8 Å². The highest BCUT2D eigenvalue weighted by Gasteiger charge is 2.67. The second kappa shape index (κ2) is 13.8. The molecule has 43 heavy (non-hydrogen) atoms. The van der Waals surface area contributed by atoms with E-state index in [1.54, 1.807) is 0 Å². The fraction of sp³-hybridized carbons (Fsp3) is 0.879. The van der Waals surface area contributed by atoms with Crippen molar-refractivity contribution in [1.29, 1.82) is 0 Å². The third-order valence-corrected chi connectivity index (χ3v) is 12.7. The van der Waals surface area contributed by atoms with Crippen molar-refractivity contribution in [2.75, 3.05) is 39.5 Å². The van der Waals surface area contributed by atoms with Crippen LogP contribution in [-0.2, 0) is 42.9 Å². The Morgan fingerprint density at radius 3 is 2.42 bits per heavy atom. The van der Waals surface area contributed by atoms with E-state index in [2.05, 4.69) is 25.7 Å². The lowest BCUT2D eigenvalue weighted by Gasteiger charge is -2.64. The Hall–Kier alpha value is -2.20. The number of nitrogens with zero attached hydrogens (tertiary/aromatic N) is 1. The molecule has 10 nitrogen and oxygen atoms in total. The molecule has 1 saturated heterocycles. The first-order chi connectivity index (χ1) is 20.8. The molecule has 1 aliphatic heterocycles. The van der Waals surface area contributed by atoms with Gasteiger partial charge in [0.2, 0.25) is 0 Å². The lowest BCUT2D eigenvalue weighted by Crippen LogP contribution is -2.63. The summed E-state index contributed by atoms with van der Waals surface area (Å²) in [4.78, 5) is 49.7. The van der Waals surface area contributed by atoms with E-state index in [1.165, 1.54) is 0 Å². The Labute approximate surface area is 255 Å². The summed E-state index contributed by atoms with van der Waals surface area (Å²) < 4.78 is 28.2. The standard InChI is InChI=1S/C33H51NO9/c1-22(4-7-30(38)40-15-12-34-10-13-39-14-11-34)25-5-6-26-31-27(18-29(43-21-37)33(25,26)3)32(2)9-8-24(41-19-35)16-23(32)17-28(31)42-20-36/h19-29,31H,4-18H2,1-3H3/t22-,23+,24-,25-,26+,27+,28-,29+,31+,32+,33-/m1/s1. The van der Waals surface area contributed by atoms with Gasteiger partial charge in [0, 0.05) is 37.4 Å². The number of esters is 1. The van der Waals surface area contributed by atoms with Crippen molar-refractivity contribution in [2.45, 2.75) is 96.9 Å². The molecule has 242 valence electrons. The molecule has 4 aliphatic carbocycles. The molecule has 0 N–H and O–H groups in total. The quantitative estimate of drug-likeness (QED) is 0.174. The SMILES string of the molecule is C[C@H](CCC(=O)OCCN1CCOCC1)[C@H]1CC[C@H]2[C@@H]3[C@H](OC=O)C[C@@H]4C[C@H](OC=O)CC[C@]4(C)[C@H]3C[C@H](OC=O)[C@]12C. The Bertz CT molecular complexity index is 987. The summed E-state index contributed by atoms with van der Waals surface area (Å²) in [5, 5.41) is 0. The zero-order chi connectivity index (χ0) is 30.6. The largest absolute Gasteiger partial charge is 0.465 e. The van der Waals surface area contributed by atoms with Crippen molar-refractivity contribution in [3.05, 3.63) is 0 Å². The maximum absolute atomic E-state index is 12.7. The fourth-order valence-corrected chi connectivity index (χ4v) is 10.5. The summed E-state index contributed by atoms with van der Waals surface area (Å²) in [6, 6.07) is 0. The van der Waals surface area contributed by atoms with E-state index in [1.807, 2.05) is 0 Å². The highest BCUT2D eigenvalue weighted by atomic mass is 16.5. The van der Waals surface area contributed by atoms with E-state index in [4.69, 9.17) is 23.7 Å². The lowest BCUT2D eigenvalue weighted by molar-refractivity contribution is -0.218. The number of rotatable bonds is 13. The van der Waals surface area contributed by atoms with E-state index in [0.717, 1.165) is 84.2 Å². The second-order valence-electron chi connectivity index (χ2n) is 14.3. The Morgan fingerprint density at radius 2 is 1.70 bits per heavy atom. The average molecular weight is 606 g/mol. The van der Waals surface area contributed by atoms with Crippen LogP contribution >= 0.6 is 0 Å². The number of carbonyl (C=O) groups is 4. The van der Waals surface area contributed by atoms with Gasteiger partial charge in [-0.05, 0) is 86.4 Å². The molecule has 0 aromatic rings. The minimum absolute atomic E-state index is 0.0172. The third kappa shape index (κ3) is 6.33.